The standard InChI is InChI=1S/C24H39NO2/c1-22-12-11-20-18(19(22)7-8-21(22)26)10-14-24(27)16-17(6-4-3-5-15-25)9-13-23(20,24)2/h4,6,17-20,27H,3,5,7-16,25H2,1-2H3/b6-4-/t17-,18+,19+,20+,22+,23-,24-/m1/s1. The molecule has 0 amide bonds. The first-order chi connectivity index (χ1) is 12.8. The minimum atomic E-state index is -0.522. The lowest BCUT2D eigenvalue weighted by atomic mass is 9.43. The van der Waals surface area contributed by atoms with Gasteiger partial charge in [0.25, 0.3) is 0 Å². The van der Waals surface area contributed by atoms with E-state index < -0.39 is 5.60 Å². The van der Waals surface area contributed by atoms with Gasteiger partial charge < -0.3 is 10.8 Å². The highest BCUT2D eigenvalue weighted by Gasteiger charge is 2.64. The van der Waals surface area contributed by atoms with Crippen molar-refractivity contribution in [2.24, 2.45) is 40.2 Å². The number of nitrogens with two attached hydrogens (primary N) is 1. The quantitative estimate of drug-likeness (QED) is 0.558. The number of hydrogen-bond acceptors (Lipinski definition) is 3. The molecule has 0 unspecified atom stereocenters. The molecule has 4 aliphatic carbocycles. The van der Waals surface area contributed by atoms with E-state index in [4.69, 9.17) is 5.73 Å². The fourth-order valence-corrected chi connectivity index (χ4v) is 7.75. The highest BCUT2D eigenvalue weighted by atomic mass is 16.3. The van der Waals surface area contributed by atoms with Crippen molar-refractivity contribution in [1.29, 1.82) is 0 Å². The largest absolute Gasteiger partial charge is 0.389 e. The summed E-state index contributed by atoms with van der Waals surface area (Å²) in [5.74, 6) is 2.85. The molecule has 3 heteroatoms. The van der Waals surface area contributed by atoms with Crippen molar-refractivity contribution in [3.8, 4) is 0 Å². The zero-order chi connectivity index (χ0) is 19.3. The van der Waals surface area contributed by atoms with Crippen molar-refractivity contribution in [1.82, 2.24) is 0 Å². The van der Waals surface area contributed by atoms with E-state index in [0.717, 1.165) is 70.8 Å². The summed E-state index contributed by atoms with van der Waals surface area (Å²) in [6.45, 7) is 5.38. The summed E-state index contributed by atoms with van der Waals surface area (Å²) in [5.41, 5.74) is 5.05. The Balaban J connectivity index is 1.51. The molecule has 4 fully saturated rings. The Morgan fingerprint density at radius 2 is 1.93 bits per heavy atom. The predicted octanol–water partition coefficient (Wildman–Crippen LogP) is 4.62. The molecule has 4 saturated carbocycles. The topological polar surface area (TPSA) is 63.3 Å². The summed E-state index contributed by atoms with van der Waals surface area (Å²) in [7, 11) is 0. The molecule has 0 saturated heterocycles. The van der Waals surface area contributed by atoms with E-state index in [1.807, 2.05) is 0 Å². The maximum Gasteiger partial charge on any atom is 0.139 e. The van der Waals surface area contributed by atoms with Crippen LogP contribution in [0.4, 0.5) is 0 Å². The molecule has 0 aliphatic heterocycles. The van der Waals surface area contributed by atoms with Gasteiger partial charge >= 0.3 is 0 Å². The molecular weight excluding hydrogens is 334 g/mol. The minimum Gasteiger partial charge on any atom is -0.389 e. The number of fused-ring (bicyclic) bond motifs is 5. The summed E-state index contributed by atoms with van der Waals surface area (Å²) in [6.07, 6.45) is 16.1. The van der Waals surface area contributed by atoms with Crippen molar-refractivity contribution < 1.29 is 9.90 Å². The number of carbonyl (C=O) groups excluding carboxylic acids is 1. The molecule has 4 aliphatic rings. The van der Waals surface area contributed by atoms with Gasteiger partial charge in [0.2, 0.25) is 0 Å². The van der Waals surface area contributed by atoms with Crippen LogP contribution >= 0.6 is 0 Å². The molecule has 0 aromatic rings. The number of aliphatic hydroxyl groups is 1. The third-order valence-corrected chi connectivity index (χ3v) is 9.54. The summed E-state index contributed by atoms with van der Waals surface area (Å²) in [4.78, 5) is 12.6. The monoisotopic (exact) mass is 373 g/mol. The fourth-order valence-electron chi connectivity index (χ4n) is 7.75. The Hall–Kier alpha value is -0.670. The van der Waals surface area contributed by atoms with E-state index >= 15 is 0 Å². The number of unbranched alkanes of at least 4 members (excludes halogenated alkanes) is 1. The molecule has 0 spiro atoms. The summed E-state index contributed by atoms with van der Waals surface area (Å²) in [6, 6.07) is 0. The lowest BCUT2D eigenvalue weighted by molar-refractivity contribution is -0.207. The van der Waals surface area contributed by atoms with E-state index in [0.29, 0.717) is 29.5 Å². The van der Waals surface area contributed by atoms with Gasteiger partial charge in [-0.05, 0) is 99.8 Å². The van der Waals surface area contributed by atoms with Gasteiger partial charge in [-0.15, -0.1) is 0 Å². The zero-order valence-corrected chi connectivity index (χ0v) is 17.4. The number of allylic oxidation sites excluding steroid dienone is 2. The van der Waals surface area contributed by atoms with Crippen LogP contribution in [-0.2, 0) is 4.79 Å². The van der Waals surface area contributed by atoms with E-state index in [-0.39, 0.29) is 10.8 Å². The molecule has 0 heterocycles. The number of ketones is 1. The third kappa shape index (κ3) is 2.95. The molecule has 0 bridgehead atoms. The van der Waals surface area contributed by atoms with E-state index in [1.165, 1.54) is 6.42 Å². The van der Waals surface area contributed by atoms with Crippen LogP contribution in [0.1, 0.15) is 84.5 Å². The lowest BCUT2D eigenvalue weighted by Gasteiger charge is -2.63. The fraction of sp³-hybridized carbons (Fsp3) is 0.875. The van der Waals surface area contributed by atoms with Crippen LogP contribution in [-0.4, -0.2) is 23.0 Å². The van der Waals surface area contributed by atoms with Gasteiger partial charge in [-0.1, -0.05) is 26.0 Å². The minimum absolute atomic E-state index is 0.0322. The highest BCUT2D eigenvalue weighted by molar-refractivity contribution is 5.87. The second-order valence-electron chi connectivity index (χ2n) is 10.6. The van der Waals surface area contributed by atoms with Gasteiger partial charge in [0.1, 0.15) is 5.78 Å². The Kier molecular flexibility index (Phi) is 5.08. The maximum atomic E-state index is 12.6. The van der Waals surface area contributed by atoms with Crippen molar-refractivity contribution in [2.75, 3.05) is 6.54 Å². The number of hydrogen-bond donors (Lipinski definition) is 2. The normalized spacial score (nSPS) is 49.7. The Morgan fingerprint density at radius 1 is 1.11 bits per heavy atom. The van der Waals surface area contributed by atoms with Crippen molar-refractivity contribution >= 4 is 5.78 Å². The van der Waals surface area contributed by atoms with E-state index in [2.05, 4.69) is 26.0 Å². The second-order valence-corrected chi connectivity index (χ2v) is 10.6. The van der Waals surface area contributed by atoms with Crippen LogP contribution in [0.15, 0.2) is 12.2 Å². The number of carbonyl (C=O) groups is 1. The summed E-state index contributed by atoms with van der Waals surface area (Å²) < 4.78 is 0. The third-order valence-electron chi connectivity index (χ3n) is 9.54. The highest BCUT2D eigenvalue weighted by Crippen LogP contribution is 2.67. The van der Waals surface area contributed by atoms with Crippen LogP contribution in [0.2, 0.25) is 0 Å². The van der Waals surface area contributed by atoms with Gasteiger partial charge in [-0.3, -0.25) is 4.79 Å². The first-order valence-electron chi connectivity index (χ1n) is 11.5. The van der Waals surface area contributed by atoms with Crippen LogP contribution in [0.25, 0.3) is 0 Å². The molecule has 152 valence electrons. The molecule has 4 rings (SSSR count). The van der Waals surface area contributed by atoms with Crippen LogP contribution < -0.4 is 5.73 Å². The summed E-state index contributed by atoms with van der Waals surface area (Å²) in [5, 5.41) is 11.8. The van der Waals surface area contributed by atoms with Crippen molar-refractivity contribution in [2.45, 2.75) is 90.1 Å². The molecule has 27 heavy (non-hydrogen) atoms. The Labute approximate surface area is 165 Å². The second kappa shape index (κ2) is 6.99. The molecule has 3 nitrogen and oxygen atoms in total. The van der Waals surface area contributed by atoms with Crippen molar-refractivity contribution in [3.05, 3.63) is 12.2 Å². The van der Waals surface area contributed by atoms with Gasteiger partial charge in [0, 0.05) is 11.8 Å². The molecule has 0 aromatic carbocycles. The smallest absolute Gasteiger partial charge is 0.139 e. The first kappa shape index (κ1) is 19.6. The zero-order valence-electron chi connectivity index (χ0n) is 17.4. The summed E-state index contributed by atoms with van der Waals surface area (Å²) >= 11 is 0. The maximum absolute atomic E-state index is 12.6. The number of rotatable bonds is 4. The molecule has 0 radical (unpaired) electrons. The van der Waals surface area contributed by atoms with Gasteiger partial charge in [-0.25, -0.2) is 0 Å². The van der Waals surface area contributed by atoms with Gasteiger partial charge in [0.05, 0.1) is 5.60 Å². The number of Topliss-reactive ketones (excluding diaryl/α,β-unsaturated/α-hetero) is 1. The molecule has 0 aromatic heterocycles. The van der Waals surface area contributed by atoms with Crippen LogP contribution in [0.3, 0.4) is 0 Å². The SMILES string of the molecule is C[C@]12CC[C@H]3[C@@H](CC[C@@]4(O)C[C@H](/C=C\CCCN)CC[C@]34C)[C@@H]1CCC2=O. The van der Waals surface area contributed by atoms with E-state index in [1.54, 1.807) is 0 Å². The van der Waals surface area contributed by atoms with Gasteiger partial charge in [0.15, 0.2) is 0 Å². The molecule has 3 N–H and O–H groups in total. The molecular formula is C24H39NO2. The van der Waals surface area contributed by atoms with Crippen LogP contribution in [0, 0.1) is 34.5 Å². The Bertz CT molecular complexity index is 616. The van der Waals surface area contributed by atoms with Crippen molar-refractivity contribution in [3.63, 3.8) is 0 Å². The predicted molar refractivity (Wildman–Crippen MR) is 109 cm³/mol. The van der Waals surface area contributed by atoms with Crippen LogP contribution in [0.5, 0.6) is 0 Å². The average molecular weight is 374 g/mol. The lowest BCUT2D eigenvalue weighted by Crippen LogP contribution is -2.62. The van der Waals surface area contributed by atoms with E-state index in [9.17, 15) is 9.90 Å². The molecule has 7 atom stereocenters. The van der Waals surface area contributed by atoms with Gasteiger partial charge in [-0.2, -0.15) is 0 Å². The average Bonchev–Trinajstić information content (AvgIpc) is 2.95. The Morgan fingerprint density at radius 3 is 2.70 bits per heavy atom. The first-order valence-corrected chi connectivity index (χ1v) is 11.5.